The molecule has 196 valence electrons. The average Bonchev–Trinajstić information content (AvgIpc) is 3.33. The molecule has 0 saturated heterocycles. The molecule has 2 atom stereocenters. The monoisotopic (exact) mass is 512 g/mol. The van der Waals surface area contributed by atoms with Crippen molar-refractivity contribution in [3.8, 4) is 23.1 Å². The molecule has 8 heteroatoms. The Morgan fingerprint density at radius 1 is 1.16 bits per heavy atom. The highest BCUT2D eigenvalue weighted by molar-refractivity contribution is 5.95. The minimum absolute atomic E-state index is 0.0689. The predicted molar refractivity (Wildman–Crippen MR) is 145 cm³/mol. The normalized spacial score (nSPS) is 12.8. The number of amides is 1. The fraction of sp³-hybridized carbons (Fsp3) is 0.300. The number of nitrogens with one attached hydrogen (secondary N) is 1. The van der Waals surface area contributed by atoms with Gasteiger partial charge in [-0.3, -0.25) is 4.79 Å². The molecule has 0 unspecified atom stereocenters. The Labute approximate surface area is 222 Å². The molecule has 0 aliphatic rings. The third kappa shape index (κ3) is 6.20. The zero-order valence-electron chi connectivity index (χ0n) is 21.8. The second kappa shape index (κ2) is 11.9. The van der Waals surface area contributed by atoms with Gasteiger partial charge >= 0.3 is 0 Å². The molecule has 0 saturated carbocycles. The van der Waals surface area contributed by atoms with Crippen LogP contribution in [0.5, 0.6) is 5.75 Å². The number of aliphatic hydroxyl groups is 2. The Morgan fingerprint density at radius 3 is 2.58 bits per heavy atom. The number of ether oxygens (including phenoxy) is 1. The number of imidazole rings is 1. The summed E-state index contributed by atoms with van der Waals surface area (Å²) < 4.78 is 7.54. The molecule has 0 radical (unpaired) electrons. The standard InChI is InChI=1S/C30H32N4O4/c1-19(2)38-28-11-10-23(16-24(28)17-31)30(37)32-25(12-14-35)15-21-6-8-22(9-7-21)27-18-34-13-4-5-26(20(3)36)29(34)33-27/h4-11,13,16,18-20,25,35-36H,12,14-15H2,1-3H3,(H,32,37)/t20-,25-/m1/s1. The van der Waals surface area contributed by atoms with Crippen molar-refractivity contribution in [3.05, 3.63) is 89.2 Å². The Hall–Kier alpha value is -4.19. The third-order valence-electron chi connectivity index (χ3n) is 6.23. The van der Waals surface area contributed by atoms with E-state index in [0.29, 0.717) is 29.7 Å². The summed E-state index contributed by atoms with van der Waals surface area (Å²) in [6, 6.07) is 18.3. The van der Waals surface area contributed by atoms with Crippen molar-refractivity contribution in [2.45, 2.75) is 51.9 Å². The molecule has 8 nitrogen and oxygen atoms in total. The minimum Gasteiger partial charge on any atom is -0.490 e. The van der Waals surface area contributed by atoms with Gasteiger partial charge in [0.25, 0.3) is 5.91 Å². The smallest absolute Gasteiger partial charge is 0.251 e. The fourth-order valence-corrected chi connectivity index (χ4v) is 4.36. The van der Waals surface area contributed by atoms with Gasteiger partial charge in [0.2, 0.25) is 0 Å². The van der Waals surface area contributed by atoms with Crippen LogP contribution in [0.2, 0.25) is 0 Å². The number of aromatic nitrogens is 2. The summed E-state index contributed by atoms with van der Waals surface area (Å²) in [6.07, 6.45) is 4.05. The van der Waals surface area contributed by atoms with E-state index in [9.17, 15) is 20.3 Å². The van der Waals surface area contributed by atoms with E-state index in [0.717, 1.165) is 28.0 Å². The number of aliphatic hydroxyl groups excluding tert-OH is 2. The first-order valence-electron chi connectivity index (χ1n) is 12.7. The van der Waals surface area contributed by atoms with Crippen LogP contribution in [0.3, 0.4) is 0 Å². The number of nitrogens with zero attached hydrogens (tertiary/aromatic N) is 3. The van der Waals surface area contributed by atoms with Gasteiger partial charge in [0.1, 0.15) is 17.5 Å². The maximum atomic E-state index is 13.0. The van der Waals surface area contributed by atoms with Gasteiger partial charge < -0.3 is 24.7 Å². The molecule has 3 N–H and O–H groups in total. The van der Waals surface area contributed by atoms with Gasteiger partial charge in [-0.25, -0.2) is 4.98 Å². The quantitative estimate of drug-likeness (QED) is 0.289. The second-order valence-corrected chi connectivity index (χ2v) is 9.57. The molecule has 4 rings (SSSR count). The van der Waals surface area contributed by atoms with E-state index in [1.54, 1.807) is 19.1 Å². The van der Waals surface area contributed by atoms with Crippen molar-refractivity contribution in [3.63, 3.8) is 0 Å². The molecule has 2 heterocycles. The highest BCUT2D eigenvalue weighted by Crippen LogP contribution is 2.25. The summed E-state index contributed by atoms with van der Waals surface area (Å²) in [6.45, 7) is 5.40. The van der Waals surface area contributed by atoms with Crippen LogP contribution in [0.4, 0.5) is 0 Å². The Morgan fingerprint density at radius 2 is 1.92 bits per heavy atom. The lowest BCUT2D eigenvalue weighted by molar-refractivity contribution is 0.0930. The summed E-state index contributed by atoms with van der Waals surface area (Å²) in [4.78, 5) is 17.7. The third-order valence-corrected chi connectivity index (χ3v) is 6.23. The number of nitriles is 1. The van der Waals surface area contributed by atoms with Crippen LogP contribution in [0.1, 0.15) is 60.3 Å². The zero-order chi connectivity index (χ0) is 27.2. The molecule has 0 fully saturated rings. The first kappa shape index (κ1) is 26.9. The highest BCUT2D eigenvalue weighted by Gasteiger charge is 2.17. The second-order valence-electron chi connectivity index (χ2n) is 9.57. The first-order chi connectivity index (χ1) is 18.3. The van der Waals surface area contributed by atoms with Gasteiger partial charge in [-0.05, 0) is 63.4 Å². The van der Waals surface area contributed by atoms with Crippen LogP contribution < -0.4 is 10.1 Å². The van der Waals surface area contributed by atoms with Crippen molar-refractivity contribution >= 4 is 11.6 Å². The van der Waals surface area contributed by atoms with E-state index in [-0.39, 0.29) is 24.7 Å². The van der Waals surface area contributed by atoms with Crippen molar-refractivity contribution < 1.29 is 19.7 Å². The lowest BCUT2D eigenvalue weighted by Gasteiger charge is -2.19. The van der Waals surface area contributed by atoms with Gasteiger partial charge in [0.05, 0.1) is 23.5 Å². The predicted octanol–water partition coefficient (Wildman–Crippen LogP) is 4.44. The van der Waals surface area contributed by atoms with Crippen molar-refractivity contribution in [2.75, 3.05) is 6.61 Å². The number of hydrogen-bond acceptors (Lipinski definition) is 6. The number of pyridine rings is 1. The number of carbonyl (C=O) groups is 1. The van der Waals surface area contributed by atoms with E-state index < -0.39 is 6.10 Å². The van der Waals surface area contributed by atoms with Crippen LogP contribution in [0, 0.1) is 11.3 Å². The van der Waals surface area contributed by atoms with Gasteiger partial charge in [0.15, 0.2) is 0 Å². The van der Waals surface area contributed by atoms with Crippen LogP contribution in [-0.4, -0.2) is 44.3 Å². The molecular formula is C30H32N4O4. The first-order valence-corrected chi connectivity index (χ1v) is 12.7. The molecule has 2 aromatic carbocycles. The van der Waals surface area contributed by atoms with Crippen LogP contribution in [0.25, 0.3) is 16.9 Å². The summed E-state index contributed by atoms with van der Waals surface area (Å²) in [5, 5.41) is 32.1. The molecular weight excluding hydrogens is 480 g/mol. The van der Waals surface area contributed by atoms with Crippen LogP contribution in [0.15, 0.2) is 67.0 Å². The van der Waals surface area contributed by atoms with E-state index >= 15 is 0 Å². The van der Waals surface area contributed by atoms with E-state index in [1.165, 1.54) is 6.07 Å². The summed E-state index contributed by atoms with van der Waals surface area (Å²) in [5.74, 6) is 0.130. The largest absolute Gasteiger partial charge is 0.490 e. The van der Waals surface area contributed by atoms with Gasteiger partial charge in [-0.15, -0.1) is 0 Å². The lowest BCUT2D eigenvalue weighted by atomic mass is 10.0. The molecule has 0 aliphatic heterocycles. The Balaban J connectivity index is 1.47. The fourth-order valence-electron chi connectivity index (χ4n) is 4.36. The number of fused-ring (bicyclic) bond motifs is 1. The number of benzene rings is 2. The number of carbonyl (C=O) groups excluding carboxylic acids is 1. The van der Waals surface area contributed by atoms with E-state index in [1.807, 2.05) is 67.0 Å². The average molecular weight is 513 g/mol. The minimum atomic E-state index is -0.618. The van der Waals surface area contributed by atoms with E-state index in [2.05, 4.69) is 11.4 Å². The van der Waals surface area contributed by atoms with Gasteiger partial charge in [0, 0.05) is 41.7 Å². The summed E-state index contributed by atoms with van der Waals surface area (Å²) in [5.41, 5.74) is 4.87. The number of rotatable bonds is 10. The maximum Gasteiger partial charge on any atom is 0.251 e. The SMILES string of the molecule is CC(C)Oc1ccc(C(=O)N[C@H](CCO)Cc2ccc(-c3cn4cccc([C@@H](C)O)c4n3)cc2)cc1C#N. The van der Waals surface area contributed by atoms with Crippen molar-refractivity contribution in [1.82, 2.24) is 14.7 Å². The summed E-state index contributed by atoms with van der Waals surface area (Å²) in [7, 11) is 0. The molecule has 0 aliphatic carbocycles. The Kier molecular flexibility index (Phi) is 8.41. The summed E-state index contributed by atoms with van der Waals surface area (Å²) >= 11 is 0. The molecule has 0 spiro atoms. The molecule has 0 bridgehead atoms. The topological polar surface area (TPSA) is 120 Å². The maximum absolute atomic E-state index is 13.0. The van der Waals surface area contributed by atoms with Gasteiger partial charge in [-0.2, -0.15) is 5.26 Å². The van der Waals surface area contributed by atoms with Gasteiger partial charge in [-0.1, -0.05) is 30.3 Å². The number of hydrogen-bond donors (Lipinski definition) is 3. The van der Waals surface area contributed by atoms with Crippen molar-refractivity contribution in [1.29, 1.82) is 5.26 Å². The van der Waals surface area contributed by atoms with Crippen LogP contribution >= 0.6 is 0 Å². The van der Waals surface area contributed by atoms with Crippen LogP contribution in [-0.2, 0) is 6.42 Å². The Bertz CT molecular complexity index is 1450. The molecule has 4 aromatic rings. The van der Waals surface area contributed by atoms with E-state index in [4.69, 9.17) is 9.72 Å². The molecule has 38 heavy (non-hydrogen) atoms. The van der Waals surface area contributed by atoms with Crippen molar-refractivity contribution in [2.24, 2.45) is 0 Å². The highest BCUT2D eigenvalue weighted by atomic mass is 16.5. The molecule has 1 amide bonds. The lowest BCUT2D eigenvalue weighted by Crippen LogP contribution is -2.37. The molecule has 2 aromatic heterocycles. The zero-order valence-corrected chi connectivity index (χ0v) is 21.8.